The molecule has 6 rings (SSSR count). The molecule has 0 aliphatic carbocycles. The summed E-state index contributed by atoms with van der Waals surface area (Å²) in [6.07, 6.45) is 0. The number of carbonyl (C=O) groups is 3. The predicted molar refractivity (Wildman–Crippen MR) is 174 cm³/mol. The number of imide groups is 1. The number of amides is 4. The third kappa shape index (κ3) is 5.90. The number of benzene rings is 3. The van der Waals surface area contributed by atoms with Crippen molar-refractivity contribution in [2.24, 2.45) is 0 Å². The molecule has 0 unspecified atom stereocenters. The molecular weight excluding hydrogens is 610 g/mol. The second kappa shape index (κ2) is 11.9. The van der Waals surface area contributed by atoms with Gasteiger partial charge in [0.15, 0.2) is 10.7 Å². The summed E-state index contributed by atoms with van der Waals surface area (Å²) in [5.41, 5.74) is 2.86. The SMILES string of the molecule is COc1ccc2c(c1)C(=O)N(C[C@@]1(c3ccc(-c4nc5ccccc5nc4Cl)cc3)NC(=O)N(COCC[Si](C)(C)C)C1=O)C2. The minimum Gasteiger partial charge on any atom is -0.497 e. The average molecular weight is 644 g/mol. The van der Waals surface area contributed by atoms with Crippen molar-refractivity contribution in [2.75, 3.05) is 27.0 Å². The summed E-state index contributed by atoms with van der Waals surface area (Å²) in [5.74, 6) is -0.167. The van der Waals surface area contributed by atoms with Crippen molar-refractivity contribution < 1.29 is 23.9 Å². The first-order valence-corrected chi connectivity index (χ1v) is 18.8. The lowest BCUT2D eigenvalue weighted by Crippen LogP contribution is -2.53. The smallest absolute Gasteiger partial charge is 0.327 e. The first-order chi connectivity index (χ1) is 21.5. The number of ether oxygens (including phenoxy) is 2. The van der Waals surface area contributed by atoms with E-state index in [0.717, 1.165) is 16.5 Å². The summed E-state index contributed by atoms with van der Waals surface area (Å²) in [6, 6.07) is 20.2. The highest BCUT2D eigenvalue weighted by Gasteiger charge is 2.54. The van der Waals surface area contributed by atoms with Gasteiger partial charge in [0, 0.05) is 32.4 Å². The molecule has 12 heteroatoms. The lowest BCUT2D eigenvalue weighted by molar-refractivity contribution is -0.135. The fraction of sp³-hybridized carbons (Fsp3) is 0.303. The third-order valence-electron chi connectivity index (χ3n) is 8.20. The molecule has 0 radical (unpaired) electrons. The van der Waals surface area contributed by atoms with E-state index in [-0.39, 0.29) is 30.9 Å². The van der Waals surface area contributed by atoms with Gasteiger partial charge in [0.1, 0.15) is 18.2 Å². The molecule has 0 bridgehead atoms. The van der Waals surface area contributed by atoms with Crippen molar-refractivity contribution in [3.63, 3.8) is 0 Å². The van der Waals surface area contributed by atoms with E-state index in [1.54, 1.807) is 48.4 Å². The largest absolute Gasteiger partial charge is 0.497 e. The number of nitrogens with zero attached hydrogens (tertiary/aromatic N) is 4. The third-order valence-corrected chi connectivity index (χ3v) is 10.2. The number of para-hydroxylation sites is 2. The molecule has 4 amide bonds. The van der Waals surface area contributed by atoms with Crippen LogP contribution in [0.4, 0.5) is 4.79 Å². The Morgan fingerprint density at radius 3 is 2.38 bits per heavy atom. The van der Waals surface area contributed by atoms with Crippen LogP contribution in [0.5, 0.6) is 5.75 Å². The number of hydrogen-bond donors (Lipinski definition) is 1. The number of halogens is 1. The molecule has 1 saturated heterocycles. The highest BCUT2D eigenvalue weighted by Crippen LogP contribution is 2.36. The molecule has 232 valence electrons. The first-order valence-electron chi connectivity index (χ1n) is 14.7. The topological polar surface area (TPSA) is 114 Å². The van der Waals surface area contributed by atoms with Crippen molar-refractivity contribution in [1.82, 2.24) is 25.1 Å². The zero-order valence-electron chi connectivity index (χ0n) is 25.6. The summed E-state index contributed by atoms with van der Waals surface area (Å²) >= 11 is 6.52. The second-order valence-electron chi connectivity index (χ2n) is 12.5. The molecule has 2 aliphatic heterocycles. The summed E-state index contributed by atoms with van der Waals surface area (Å²) < 4.78 is 11.1. The van der Waals surface area contributed by atoms with Gasteiger partial charge in [0.05, 0.1) is 24.7 Å². The molecule has 3 aromatic carbocycles. The molecule has 45 heavy (non-hydrogen) atoms. The quantitative estimate of drug-likeness (QED) is 0.134. The van der Waals surface area contributed by atoms with E-state index in [4.69, 9.17) is 26.1 Å². The maximum absolute atomic E-state index is 14.2. The summed E-state index contributed by atoms with van der Waals surface area (Å²) in [6.45, 7) is 7.18. The van der Waals surface area contributed by atoms with E-state index < -0.39 is 25.6 Å². The number of rotatable bonds is 10. The van der Waals surface area contributed by atoms with E-state index in [1.165, 1.54) is 0 Å². The standard InChI is InChI=1S/C33H34ClN5O5Si/c1-43-24-14-11-22-18-38(30(40)25(22)17-24)19-33(31(41)39(32(42)37-33)20-44-15-16-45(2,3)4)23-12-9-21(10-13-23)28-29(34)36-27-8-6-5-7-26(27)35-28/h5-14,17H,15-16,18-20H2,1-4H3,(H,37,42)/t33-/m0/s1. The Balaban J connectivity index is 1.33. The van der Waals surface area contributed by atoms with E-state index in [0.29, 0.717) is 45.8 Å². The van der Waals surface area contributed by atoms with E-state index in [9.17, 15) is 14.4 Å². The van der Waals surface area contributed by atoms with Gasteiger partial charge in [-0.05, 0) is 41.4 Å². The van der Waals surface area contributed by atoms with Gasteiger partial charge in [-0.15, -0.1) is 0 Å². The fourth-order valence-corrected chi connectivity index (χ4v) is 6.63. The van der Waals surface area contributed by atoms with Gasteiger partial charge in [-0.3, -0.25) is 9.59 Å². The van der Waals surface area contributed by atoms with Crippen LogP contribution in [0, 0.1) is 0 Å². The minimum absolute atomic E-state index is 0.0747. The zero-order valence-corrected chi connectivity index (χ0v) is 27.4. The number of hydrogen-bond acceptors (Lipinski definition) is 7. The number of urea groups is 1. The van der Waals surface area contributed by atoms with Crippen LogP contribution in [0.15, 0.2) is 66.7 Å². The molecule has 1 N–H and O–H groups in total. The normalized spacial score (nSPS) is 18.1. The molecule has 0 saturated carbocycles. The molecule has 1 aromatic heterocycles. The zero-order chi connectivity index (χ0) is 31.9. The van der Waals surface area contributed by atoms with Crippen LogP contribution >= 0.6 is 11.6 Å². The van der Waals surface area contributed by atoms with Crippen LogP contribution in [0.3, 0.4) is 0 Å². The van der Waals surface area contributed by atoms with Crippen LogP contribution in [0.2, 0.25) is 30.8 Å². The monoisotopic (exact) mass is 643 g/mol. The Bertz CT molecular complexity index is 1810. The number of fused-ring (bicyclic) bond motifs is 2. The molecule has 1 fully saturated rings. The molecule has 1 atom stereocenters. The summed E-state index contributed by atoms with van der Waals surface area (Å²) in [5, 5.41) is 3.17. The van der Waals surface area contributed by atoms with Gasteiger partial charge in [0.2, 0.25) is 0 Å². The summed E-state index contributed by atoms with van der Waals surface area (Å²) in [4.78, 5) is 53.0. The van der Waals surface area contributed by atoms with Crippen molar-refractivity contribution >= 4 is 48.6 Å². The Morgan fingerprint density at radius 2 is 1.69 bits per heavy atom. The molecule has 4 aromatic rings. The molecule has 0 spiro atoms. The Labute approximate surface area is 267 Å². The molecule has 10 nitrogen and oxygen atoms in total. The van der Waals surface area contributed by atoms with Crippen molar-refractivity contribution in [1.29, 1.82) is 0 Å². The Kier molecular flexibility index (Phi) is 8.10. The average Bonchev–Trinajstić information content (AvgIpc) is 3.45. The Hall–Kier alpha value is -4.32. The number of aromatic nitrogens is 2. The number of nitrogens with one attached hydrogen (secondary N) is 1. The maximum Gasteiger partial charge on any atom is 0.327 e. The lowest BCUT2D eigenvalue weighted by Gasteiger charge is -2.32. The van der Waals surface area contributed by atoms with Crippen molar-refractivity contribution in [3.8, 4) is 17.0 Å². The number of methoxy groups -OCH3 is 1. The van der Waals surface area contributed by atoms with Crippen LogP contribution in [0.1, 0.15) is 21.5 Å². The second-order valence-corrected chi connectivity index (χ2v) is 18.5. The first kappa shape index (κ1) is 30.7. The lowest BCUT2D eigenvalue weighted by atomic mass is 9.88. The van der Waals surface area contributed by atoms with Gasteiger partial charge in [-0.25, -0.2) is 19.7 Å². The molecular formula is C33H34ClN5O5Si. The van der Waals surface area contributed by atoms with E-state index in [2.05, 4.69) is 29.9 Å². The van der Waals surface area contributed by atoms with Gasteiger partial charge < -0.3 is 19.7 Å². The van der Waals surface area contributed by atoms with Gasteiger partial charge in [-0.1, -0.05) is 73.7 Å². The van der Waals surface area contributed by atoms with E-state index in [1.807, 2.05) is 30.3 Å². The van der Waals surface area contributed by atoms with Gasteiger partial charge in [0.25, 0.3) is 11.8 Å². The van der Waals surface area contributed by atoms with Crippen LogP contribution in [-0.4, -0.2) is 72.7 Å². The Morgan fingerprint density at radius 1 is 0.978 bits per heavy atom. The van der Waals surface area contributed by atoms with E-state index >= 15 is 0 Å². The molecule has 2 aliphatic rings. The van der Waals surface area contributed by atoms with Gasteiger partial charge in [-0.2, -0.15) is 0 Å². The highest BCUT2D eigenvalue weighted by atomic mass is 35.5. The number of carbonyl (C=O) groups excluding carboxylic acids is 3. The van der Waals surface area contributed by atoms with Crippen LogP contribution < -0.4 is 10.1 Å². The van der Waals surface area contributed by atoms with Crippen LogP contribution in [-0.2, 0) is 21.6 Å². The van der Waals surface area contributed by atoms with Crippen LogP contribution in [0.25, 0.3) is 22.3 Å². The van der Waals surface area contributed by atoms with Crippen molar-refractivity contribution in [3.05, 3.63) is 88.6 Å². The molecule has 3 heterocycles. The van der Waals surface area contributed by atoms with Crippen molar-refractivity contribution in [2.45, 2.75) is 37.8 Å². The van der Waals surface area contributed by atoms with Gasteiger partial charge >= 0.3 is 6.03 Å². The summed E-state index contributed by atoms with van der Waals surface area (Å²) in [7, 11) is 0.170. The minimum atomic E-state index is -1.54. The highest BCUT2D eigenvalue weighted by molar-refractivity contribution is 6.76. The predicted octanol–water partition coefficient (Wildman–Crippen LogP) is 5.67. The fourth-order valence-electron chi connectivity index (χ4n) is 5.63. The maximum atomic E-state index is 14.2.